The molecule has 0 saturated carbocycles. The molecule has 16 heavy (non-hydrogen) atoms. The molecule has 1 aliphatic heterocycles. The number of hydrogen-bond acceptors (Lipinski definition) is 1. The van der Waals surface area contributed by atoms with Crippen molar-refractivity contribution in [1.29, 1.82) is 0 Å². The third-order valence-corrected chi connectivity index (χ3v) is 3.14. The fourth-order valence-corrected chi connectivity index (χ4v) is 2.38. The van der Waals surface area contributed by atoms with E-state index in [0.29, 0.717) is 12.0 Å². The lowest BCUT2D eigenvalue weighted by Crippen LogP contribution is -2.15. The largest absolute Gasteiger partial charge is 0.386 e. The summed E-state index contributed by atoms with van der Waals surface area (Å²) in [5.74, 6) is 0.656. The topological polar surface area (TPSA) is 27.8 Å². The second kappa shape index (κ2) is 5.09. The first kappa shape index (κ1) is 13.4. The van der Waals surface area contributed by atoms with Gasteiger partial charge in [-0.3, -0.25) is 0 Å². The summed E-state index contributed by atoms with van der Waals surface area (Å²) in [7, 11) is 0. The van der Waals surface area contributed by atoms with E-state index in [1.54, 1.807) is 0 Å². The molecule has 0 radical (unpaired) electrons. The van der Waals surface area contributed by atoms with E-state index in [-0.39, 0.29) is 17.0 Å². The van der Waals surface area contributed by atoms with E-state index in [4.69, 9.17) is 0 Å². The Morgan fingerprint density at radius 2 is 2.00 bits per heavy atom. The average Bonchev–Trinajstić information content (AvgIpc) is 2.58. The molecular formula is C13H21BrN2. The fraction of sp³-hybridized carbons (Fsp3) is 0.538. The van der Waals surface area contributed by atoms with Crippen molar-refractivity contribution in [2.24, 2.45) is 5.92 Å². The van der Waals surface area contributed by atoms with Crippen LogP contribution < -0.4 is 5.32 Å². The van der Waals surface area contributed by atoms with Crippen molar-refractivity contribution in [1.82, 2.24) is 10.3 Å². The summed E-state index contributed by atoms with van der Waals surface area (Å²) >= 11 is 0. The number of hydrogen-bond donors (Lipinski definition) is 2. The number of aromatic amines is 1. The van der Waals surface area contributed by atoms with E-state index in [2.05, 4.69) is 50.1 Å². The van der Waals surface area contributed by atoms with Crippen molar-refractivity contribution >= 4 is 23.1 Å². The number of rotatable bonds is 1. The van der Waals surface area contributed by atoms with Gasteiger partial charge in [-0.05, 0) is 50.8 Å². The quantitative estimate of drug-likeness (QED) is 0.811. The van der Waals surface area contributed by atoms with Crippen LogP contribution in [0.5, 0.6) is 0 Å². The first-order chi connectivity index (χ1) is 7.06. The van der Waals surface area contributed by atoms with Crippen molar-refractivity contribution in [3.63, 3.8) is 0 Å². The number of H-pyrrole nitrogens is 1. The number of aryl methyl sites for hydroxylation is 2. The average molecular weight is 285 g/mol. The first-order valence-electron chi connectivity index (χ1n) is 5.70. The van der Waals surface area contributed by atoms with Gasteiger partial charge in [0.05, 0.1) is 0 Å². The zero-order chi connectivity index (χ0) is 11.0. The van der Waals surface area contributed by atoms with E-state index >= 15 is 0 Å². The summed E-state index contributed by atoms with van der Waals surface area (Å²) in [6, 6.07) is 2.80. The second-order valence-electron chi connectivity index (χ2n) is 4.83. The van der Waals surface area contributed by atoms with Crippen LogP contribution in [0.25, 0.3) is 6.08 Å². The normalized spacial score (nSPS) is 26.6. The minimum atomic E-state index is 0. The molecule has 2 rings (SSSR count). The van der Waals surface area contributed by atoms with Gasteiger partial charge in [-0.1, -0.05) is 6.92 Å². The molecule has 0 bridgehead atoms. The van der Waals surface area contributed by atoms with E-state index in [1.165, 1.54) is 29.1 Å². The molecule has 0 spiro atoms. The highest BCUT2D eigenvalue weighted by Gasteiger charge is 2.21. The van der Waals surface area contributed by atoms with Crippen LogP contribution >= 0.6 is 17.0 Å². The lowest BCUT2D eigenvalue weighted by atomic mass is 10.1. The molecule has 2 heterocycles. The highest BCUT2D eigenvalue weighted by Crippen LogP contribution is 2.25. The van der Waals surface area contributed by atoms with Gasteiger partial charge in [0.15, 0.2) is 0 Å². The zero-order valence-corrected chi connectivity index (χ0v) is 12.1. The van der Waals surface area contributed by atoms with Gasteiger partial charge in [0.25, 0.3) is 0 Å². The third-order valence-electron chi connectivity index (χ3n) is 3.14. The minimum absolute atomic E-state index is 0. The number of aromatic nitrogens is 1. The maximum absolute atomic E-state index is 3.53. The maximum Gasteiger partial charge on any atom is 0.0429 e. The highest BCUT2D eigenvalue weighted by molar-refractivity contribution is 8.93. The van der Waals surface area contributed by atoms with Gasteiger partial charge >= 0.3 is 0 Å². The molecule has 3 heteroatoms. The van der Waals surface area contributed by atoms with Gasteiger partial charge in [-0.15, -0.1) is 17.0 Å². The van der Waals surface area contributed by atoms with Crippen LogP contribution in [0.4, 0.5) is 0 Å². The molecule has 0 aliphatic carbocycles. The van der Waals surface area contributed by atoms with Gasteiger partial charge < -0.3 is 10.3 Å². The highest BCUT2D eigenvalue weighted by atomic mass is 79.9. The van der Waals surface area contributed by atoms with Crippen LogP contribution in [0.2, 0.25) is 0 Å². The van der Waals surface area contributed by atoms with Crippen LogP contribution in [0.1, 0.15) is 37.2 Å². The maximum atomic E-state index is 3.53. The van der Waals surface area contributed by atoms with E-state index < -0.39 is 0 Å². The molecule has 1 saturated heterocycles. The second-order valence-corrected chi connectivity index (χ2v) is 4.83. The molecule has 90 valence electrons. The summed E-state index contributed by atoms with van der Waals surface area (Å²) in [6.45, 7) is 8.78. The molecule has 0 aromatic carbocycles. The van der Waals surface area contributed by atoms with Gasteiger partial charge in [0.2, 0.25) is 0 Å². The number of nitrogens with one attached hydrogen (secondary N) is 2. The van der Waals surface area contributed by atoms with Gasteiger partial charge in [-0.2, -0.15) is 0 Å². The summed E-state index contributed by atoms with van der Waals surface area (Å²) < 4.78 is 0. The van der Waals surface area contributed by atoms with Crippen molar-refractivity contribution < 1.29 is 0 Å². The molecule has 1 aromatic heterocycles. The van der Waals surface area contributed by atoms with Crippen molar-refractivity contribution in [3.05, 3.63) is 28.7 Å². The Hall–Kier alpha value is -0.700. The van der Waals surface area contributed by atoms with Gasteiger partial charge in [0.1, 0.15) is 0 Å². The van der Waals surface area contributed by atoms with E-state index in [1.807, 2.05) is 0 Å². The predicted molar refractivity (Wildman–Crippen MR) is 74.9 cm³/mol. The van der Waals surface area contributed by atoms with E-state index in [0.717, 1.165) is 0 Å². The van der Waals surface area contributed by atoms with Crippen LogP contribution in [-0.2, 0) is 0 Å². The molecule has 2 atom stereocenters. The van der Waals surface area contributed by atoms with Crippen molar-refractivity contribution in [3.8, 4) is 0 Å². The first-order valence-corrected chi connectivity index (χ1v) is 5.70. The minimum Gasteiger partial charge on any atom is -0.386 e. The predicted octanol–water partition coefficient (Wildman–Crippen LogP) is 3.57. The summed E-state index contributed by atoms with van der Waals surface area (Å²) in [5.41, 5.74) is 5.18. The molecule has 1 aromatic rings. The Bertz CT molecular complexity index is 393. The third kappa shape index (κ3) is 2.70. The van der Waals surface area contributed by atoms with Crippen LogP contribution in [0.3, 0.4) is 0 Å². The Labute approximate surface area is 108 Å². The lowest BCUT2D eigenvalue weighted by molar-refractivity contribution is 0.628. The number of halogens is 1. The lowest BCUT2D eigenvalue weighted by Gasteiger charge is -2.05. The molecule has 2 unspecified atom stereocenters. The summed E-state index contributed by atoms with van der Waals surface area (Å²) in [4.78, 5) is 3.39. The van der Waals surface area contributed by atoms with Gasteiger partial charge in [-0.25, -0.2) is 0 Å². The molecular weight excluding hydrogens is 264 g/mol. The zero-order valence-electron chi connectivity index (χ0n) is 10.4. The smallest absolute Gasteiger partial charge is 0.0429 e. The summed E-state index contributed by atoms with van der Waals surface area (Å²) in [5, 5.41) is 3.53. The molecule has 0 amide bonds. The number of allylic oxidation sites excluding steroid dienone is 1. The molecule has 2 N–H and O–H groups in total. The summed E-state index contributed by atoms with van der Waals surface area (Å²) in [6.07, 6.45) is 3.50. The van der Waals surface area contributed by atoms with Crippen molar-refractivity contribution in [2.75, 3.05) is 0 Å². The fourth-order valence-electron chi connectivity index (χ4n) is 2.38. The standard InChI is InChI=1S/C13H20N2.BrH/c1-8-5-10(3)14-12(8)7-13-9(2)6-11(4)15-13;/h5,7,9,11,14-15H,6H2,1-4H3;1H/b13-7-;. The monoisotopic (exact) mass is 284 g/mol. The Balaban J connectivity index is 0.00000128. The van der Waals surface area contributed by atoms with Crippen LogP contribution in [0, 0.1) is 19.8 Å². The Morgan fingerprint density at radius 1 is 1.31 bits per heavy atom. The van der Waals surface area contributed by atoms with Crippen LogP contribution in [0.15, 0.2) is 11.8 Å². The van der Waals surface area contributed by atoms with Crippen LogP contribution in [-0.4, -0.2) is 11.0 Å². The SMILES string of the molecule is Br.Cc1cc(C)c(/C=C2\NC(C)CC2C)[nH]1. The van der Waals surface area contributed by atoms with E-state index in [9.17, 15) is 0 Å². The molecule has 2 nitrogen and oxygen atoms in total. The molecule has 1 fully saturated rings. The Morgan fingerprint density at radius 3 is 2.44 bits per heavy atom. The molecule has 1 aliphatic rings. The van der Waals surface area contributed by atoms with Gasteiger partial charge in [0, 0.05) is 23.1 Å². The van der Waals surface area contributed by atoms with Crippen molar-refractivity contribution in [2.45, 2.75) is 40.2 Å². The Kier molecular flexibility index (Phi) is 4.25.